The first-order chi connectivity index (χ1) is 7.16. The molecule has 76 valence electrons. The van der Waals surface area contributed by atoms with Gasteiger partial charge in [-0.25, -0.2) is 4.68 Å². The van der Waals surface area contributed by atoms with Crippen LogP contribution in [0.1, 0.15) is 11.1 Å². The Morgan fingerprint density at radius 2 is 2.00 bits per heavy atom. The van der Waals surface area contributed by atoms with Crippen molar-refractivity contribution in [1.29, 1.82) is 5.41 Å². The van der Waals surface area contributed by atoms with Crippen LogP contribution in [-0.2, 0) is 0 Å². The minimum atomic E-state index is 0.0355. The maximum atomic E-state index is 7.27. The van der Waals surface area contributed by atoms with E-state index < -0.39 is 0 Å². The van der Waals surface area contributed by atoms with Gasteiger partial charge >= 0.3 is 0 Å². The van der Waals surface area contributed by atoms with Gasteiger partial charge in [0.15, 0.2) is 0 Å². The number of aryl methyl sites for hydroxylation is 1. The number of nitrogen functional groups attached to an aromatic ring is 1. The molecule has 0 bridgehead atoms. The second-order valence-corrected chi connectivity index (χ2v) is 3.42. The first-order valence-corrected chi connectivity index (χ1v) is 4.63. The Labute approximate surface area is 87.9 Å². The van der Waals surface area contributed by atoms with Crippen molar-refractivity contribution in [2.75, 3.05) is 0 Å². The molecule has 4 nitrogen and oxygen atoms in total. The summed E-state index contributed by atoms with van der Waals surface area (Å²) in [7, 11) is 0. The van der Waals surface area contributed by atoms with Crippen LogP contribution in [0.15, 0.2) is 36.7 Å². The lowest BCUT2D eigenvalue weighted by Crippen LogP contribution is -2.09. The second kappa shape index (κ2) is 3.57. The number of hydrogen-bond acceptors (Lipinski definition) is 2. The molecule has 4 heteroatoms. The topological polar surface area (TPSA) is 67.7 Å². The highest BCUT2D eigenvalue weighted by molar-refractivity contribution is 5.94. The Morgan fingerprint density at radius 3 is 2.53 bits per heavy atom. The van der Waals surface area contributed by atoms with Crippen LogP contribution >= 0.6 is 0 Å². The van der Waals surface area contributed by atoms with Crippen LogP contribution in [0, 0.1) is 12.3 Å². The van der Waals surface area contributed by atoms with Gasteiger partial charge in [-0.15, -0.1) is 0 Å². The van der Waals surface area contributed by atoms with Crippen molar-refractivity contribution in [2.24, 2.45) is 5.73 Å². The third-order valence-electron chi connectivity index (χ3n) is 2.19. The van der Waals surface area contributed by atoms with Crippen LogP contribution < -0.4 is 5.73 Å². The van der Waals surface area contributed by atoms with Gasteiger partial charge in [0.25, 0.3) is 0 Å². The third-order valence-corrected chi connectivity index (χ3v) is 2.19. The highest BCUT2D eigenvalue weighted by Crippen LogP contribution is 2.09. The standard InChI is InChI=1S/C11H12N4/c1-8-2-4-10(5-3-8)15-7-9(6-14-15)11(12)13/h2-7H,1H3,(H3,12,13). The molecule has 0 aliphatic heterocycles. The fourth-order valence-electron chi connectivity index (χ4n) is 1.30. The summed E-state index contributed by atoms with van der Waals surface area (Å²) in [4.78, 5) is 0. The van der Waals surface area contributed by atoms with Crippen molar-refractivity contribution < 1.29 is 0 Å². The lowest BCUT2D eigenvalue weighted by atomic mass is 10.2. The maximum absolute atomic E-state index is 7.27. The van der Waals surface area contributed by atoms with E-state index in [0.29, 0.717) is 5.56 Å². The lowest BCUT2D eigenvalue weighted by molar-refractivity contribution is 0.880. The Hall–Kier alpha value is -2.10. The van der Waals surface area contributed by atoms with Crippen LogP contribution in [0.3, 0.4) is 0 Å². The number of benzene rings is 1. The molecule has 0 atom stereocenters. The summed E-state index contributed by atoms with van der Waals surface area (Å²) >= 11 is 0. The van der Waals surface area contributed by atoms with Crippen molar-refractivity contribution >= 4 is 5.84 Å². The Bertz CT molecular complexity index is 482. The fraction of sp³-hybridized carbons (Fsp3) is 0.0909. The summed E-state index contributed by atoms with van der Waals surface area (Å²) < 4.78 is 1.70. The van der Waals surface area contributed by atoms with Gasteiger partial charge in [-0.3, -0.25) is 5.41 Å². The van der Waals surface area contributed by atoms with E-state index in [0.717, 1.165) is 5.69 Å². The Balaban J connectivity index is 2.37. The Kier molecular flexibility index (Phi) is 2.25. The van der Waals surface area contributed by atoms with E-state index in [4.69, 9.17) is 11.1 Å². The van der Waals surface area contributed by atoms with Crippen molar-refractivity contribution in [3.63, 3.8) is 0 Å². The minimum absolute atomic E-state index is 0.0355. The molecule has 3 N–H and O–H groups in total. The van der Waals surface area contributed by atoms with Crippen LogP contribution in [0.5, 0.6) is 0 Å². The molecule has 2 rings (SSSR count). The third kappa shape index (κ3) is 1.88. The highest BCUT2D eigenvalue weighted by atomic mass is 15.3. The number of nitrogens with zero attached hydrogens (tertiary/aromatic N) is 2. The molecule has 0 saturated heterocycles. The van der Waals surface area contributed by atoms with E-state index in [1.165, 1.54) is 5.56 Å². The predicted octanol–water partition coefficient (Wildman–Crippen LogP) is 1.46. The molecular formula is C11H12N4. The highest BCUT2D eigenvalue weighted by Gasteiger charge is 2.02. The quantitative estimate of drug-likeness (QED) is 0.569. The van der Waals surface area contributed by atoms with E-state index in [9.17, 15) is 0 Å². The van der Waals surface area contributed by atoms with Crippen molar-refractivity contribution in [1.82, 2.24) is 9.78 Å². The van der Waals surface area contributed by atoms with Crippen LogP contribution in [0.4, 0.5) is 0 Å². The molecule has 0 radical (unpaired) electrons. The first-order valence-electron chi connectivity index (χ1n) is 4.63. The zero-order valence-corrected chi connectivity index (χ0v) is 8.44. The number of hydrogen-bond donors (Lipinski definition) is 2. The molecule has 1 aromatic carbocycles. The van der Waals surface area contributed by atoms with Gasteiger partial charge in [-0.2, -0.15) is 5.10 Å². The monoisotopic (exact) mass is 200 g/mol. The summed E-state index contributed by atoms with van der Waals surface area (Å²) in [6.45, 7) is 2.04. The molecule has 0 fully saturated rings. The van der Waals surface area contributed by atoms with Gasteiger partial charge in [-0.1, -0.05) is 17.7 Å². The lowest BCUT2D eigenvalue weighted by Gasteiger charge is -2.00. The summed E-state index contributed by atoms with van der Waals surface area (Å²) in [5, 5.41) is 11.4. The summed E-state index contributed by atoms with van der Waals surface area (Å²) in [6, 6.07) is 7.99. The number of amidine groups is 1. The number of nitrogens with one attached hydrogen (secondary N) is 1. The van der Waals surface area contributed by atoms with Crippen molar-refractivity contribution in [3.8, 4) is 5.69 Å². The van der Waals surface area contributed by atoms with Crippen LogP contribution in [-0.4, -0.2) is 15.6 Å². The van der Waals surface area contributed by atoms with E-state index in [1.54, 1.807) is 17.1 Å². The molecule has 1 aromatic heterocycles. The number of nitrogens with two attached hydrogens (primary N) is 1. The van der Waals surface area contributed by atoms with Crippen molar-refractivity contribution in [2.45, 2.75) is 6.92 Å². The molecule has 0 amide bonds. The number of rotatable bonds is 2. The Morgan fingerprint density at radius 1 is 1.33 bits per heavy atom. The molecule has 2 aromatic rings. The zero-order chi connectivity index (χ0) is 10.8. The molecule has 0 saturated carbocycles. The summed E-state index contributed by atoms with van der Waals surface area (Å²) in [5.74, 6) is 0.0355. The molecule has 0 aliphatic rings. The van der Waals surface area contributed by atoms with Gasteiger partial charge in [0.1, 0.15) is 5.84 Å². The molecule has 0 unspecified atom stereocenters. The maximum Gasteiger partial charge on any atom is 0.126 e. The van der Waals surface area contributed by atoms with E-state index in [1.807, 2.05) is 31.2 Å². The van der Waals surface area contributed by atoms with Gasteiger partial charge in [0.05, 0.1) is 17.4 Å². The van der Waals surface area contributed by atoms with Gasteiger partial charge in [0.2, 0.25) is 0 Å². The summed E-state index contributed by atoms with van der Waals surface area (Å²) in [6.07, 6.45) is 3.33. The van der Waals surface area contributed by atoms with E-state index >= 15 is 0 Å². The second-order valence-electron chi connectivity index (χ2n) is 3.42. The molecule has 15 heavy (non-hydrogen) atoms. The van der Waals surface area contributed by atoms with Gasteiger partial charge in [-0.05, 0) is 19.1 Å². The molecule has 0 spiro atoms. The van der Waals surface area contributed by atoms with Crippen molar-refractivity contribution in [3.05, 3.63) is 47.8 Å². The summed E-state index contributed by atoms with van der Waals surface area (Å²) in [5.41, 5.74) is 8.17. The SMILES string of the molecule is Cc1ccc(-n2cc(C(=N)N)cn2)cc1. The molecule has 1 heterocycles. The average Bonchev–Trinajstić information content (AvgIpc) is 2.68. The molecule has 0 aliphatic carbocycles. The minimum Gasteiger partial charge on any atom is -0.384 e. The smallest absolute Gasteiger partial charge is 0.126 e. The normalized spacial score (nSPS) is 10.2. The average molecular weight is 200 g/mol. The molecular weight excluding hydrogens is 188 g/mol. The predicted molar refractivity (Wildman–Crippen MR) is 59.3 cm³/mol. The number of aromatic nitrogens is 2. The zero-order valence-electron chi connectivity index (χ0n) is 8.44. The fourth-order valence-corrected chi connectivity index (χ4v) is 1.30. The first kappa shape index (κ1) is 9.45. The van der Waals surface area contributed by atoms with Crippen LogP contribution in [0.2, 0.25) is 0 Å². The van der Waals surface area contributed by atoms with Crippen LogP contribution in [0.25, 0.3) is 5.69 Å². The van der Waals surface area contributed by atoms with Gasteiger partial charge in [0, 0.05) is 6.20 Å². The largest absolute Gasteiger partial charge is 0.384 e. The van der Waals surface area contributed by atoms with E-state index in [-0.39, 0.29) is 5.84 Å². The van der Waals surface area contributed by atoms with Gasteiger partial charge < -0.3 is 5.73 Å². The van der Waals surface area contributed by atoms with E-state index in [2.05, 4.69) is 5.10 Å².